The molecule has 0 saturated carbocycles. The summed E-state index contributed by atoms with van der Waals surface area (Å²) in [6.07, 6.45) is 1.43. The van der Waals surface area contributed by atoms with E-state index in [9.17, 15) is 8.78 Å². The van der Waals surface area contributed by atoms with Crippen LogP contribution < -0.4 is 10.5 Å². The minimum Gasteiger partial charge on any atom is -0.497 e. The topological polar surface area (TPSA) is 71.3 Å². The van der Waals surface area contributed by atoms with Gasteiger partial charge in [-0.3, -0.25) is 0 Å². The maximum absolute atomic E-state index is 13.4. The van der Waals surface area contributed by atoms with Crippen molar-refractivity contribution in [2.24, 2.45) is 5.73 Å². The van der Waals surface area contributed by atoms with E-state index in [0.717, 1.165) is 0 Å². The van der Waals surface area contributed by atoms with E-state index < -0.39 is 18.6 Å². The molecule has 1 atom stereocenters. The second-order valence-corrected chi connectivity index (χ2v) is 4.05. The van der Waals surface area contributed by atoms with E-state index in [2.05, 4.69) is 4.98 Å². The van der Waals surface area contributed by atoms with Crippen LogP contribution in [0.25, 0.3) is 10.9 Å². The number of benzene rings is 1. The molecule has 2 rings (SSSR count). The summed E-state index contributed by atoms with van der Waals surface area (Å²) in [5, 5.41) is 9.24. The number of hydrogen-bond donors (Lipinski definition) is 3. The van der Waals surface area contributed by atoms with Crippen LogP contribution in [-0.2, 0) is 0 Å². The van der Waals surface area contributed by atoms with Crippen LogP contribution >= 0.6 is 0 Å². The number of aliphatic hydroxyl groups is 1. The summed E-state index contributed by atoms with van der Waals surface area (Å²) in [6.45, 7) is -1.29. The van der Waals surface area contributed by atoms with Crippen molar-refractivity contribution in [1.82, 2.24) is 4.98 Å². The van der Waals surface area contributed by atoms with Gasteiger partial charge in [-0.15, -0.1) is 0 Å². The van der Waals surface area contributed by atoms with E-state index in [4.69, 9.17) is 15.6 Å². The molecule has 1 aromatic carbocycles. The molecule has 98 valence electrons. The van der Waals surface area contributed by atoms with Gasteiger partial charge in [-0.2, -0.15) is 0 Å². The number of halogens is 2. The highest BCUT2D eigenvalue weighted by atomic mass is 19.3. The standard InChI is InChI=1S/C12H14F2N2O2/c1-18-7-2-3-10-8(4-7)9(5-16-10)11(15)12(13,14)6-17/h2-5,11,16-17H,6,15H2,1H3/t11-/m1/s1. The van der Waals surface area contributed by atoms with Crippen LogP contribution in [0.4, 0.5) is 8.78 Å². The number of methoxy groups -OCH3 is 1. The Labute approximate surface area is 102 Å². The lowest BCUT2D eigenvalue weighted by Gasteiger charge is -2.21. The monoisotopic (exact) mass is 256 g/mol. The largest absolute Gasteiger partial charge is 0.497 e. The van der Waals surface area contributed by atoms with E-state index in [0.29, 0.717) is 16.7 Å². The van der Waals surface area contributed by atoms with Crippen LogP contribution in [-0.4, -0.2) is 29.7 Å². The van der Waals surface area contributed by atoms with Crippen molar-refractivity contribution in [1.29, 1.82) is 0 Å². The lowest BCUT2D eigenvalue weighted by atomic mass is 10.0. The number of aromatic nitrogens is 1. The molecule has 0 aliphatic carbocycles. The summed E-state index contributed by atoms with van der Waals surface area (Å²) in [7, 11) is 1.50. The highest BCUT2D eigenvalue weighted by molar-refractivity contribution is 5.85. The highest BCUT2D eigenvalue weighted by Crippen LogP contribution is 2.34. The first-order valence-corrected chi connectivity index (χ1v) is 5.39. The molecule has 1 aromatic heterocycles. The predicted octanol–water partition coefficient (Wildman–Crippen LogP) is 1.80. The highest BCUT2D eigenvalue weighted by Gasteiger charge is 2.38. The second kappa shape index (κ2) is 4.55. The summed E-state index contributed by atoms with van der Waals surface area (Å²) in [4.78, 5) is 2.87. The summed E-state index contributed by atoms with van der Waals surface area (Å²) in [6, 6.07) is 3.51. The third kappa shape index (κ3) is 2.04. The Bertz CT molecular complexity index is 554. The zero-order valence-electron chi connectivity index (χ0n) is 9.78. The third-order valence-corrected chi connectivity index (χ3v) is 2.92. The molecule has 4 nitrogen and oxygen atoms in total. The zero-order valence-corrected chi connectivity index (χ0v) is 9.78. The number of H-pyrrole nitrogens is 1. The van der Waals surface area contributed by atoms with Crippen molar-refractivity contribution >= 4 is 10.9 Å². The number of rotatable bonds is 4. The molecule has 0 amide bonds. The van der Waals surface area contributed by atoms with Gasteiger partial charge in [0, 0.05) is 22.7 Å². The van der Waals surface area contributed by atoms with Gasteiger partial charge in [0.25, 0.3) is 5.92 Å². The van der Waals surface area contributed by atoms with Crippen LogP contribution in [0.15, 0.2) is 24.4 Å². The molecule has 0 bridgehead atoms. The van der Waals surface area contributed by atoms with E-state index in [1.165, 1.54) is 13.3 Å². The van der Waals surface area contributed by atoms with Gasteiger partial charge in [0.2, 0.25) is 0 Å². The molecular weight excluding hydrogens is 242 g/mol. The normalized spacial score (nSPS) is 13.8. The van der Waals surface area contributed by atoms with Crippen molar-refractivity contribution in [2.45, 2.75) is 12.0 Å². The van der Waals surface area contributed by atoms with E-state index in [1.807, 2.05) is 0 Å². The molecule has 0 saturated heterocycles. The molecule has 1 heterocycles. The lowest BCUT2D eigenvalue weighted by molar-refractivity contribution is -0.0708. The van der Waals surface area contributed by atoms with Crippen molar-refractivity contribution in [3.63, 3.8) is 0 Å². The maximum Gasteiger partial charge on any atom is 0.289 e. The molecule has 0 fully saturated rings. The molecule has 0 radical (unpaired) electrons. The van der Waals surface area contributed by atoms with Crippen LogP contribution in [0, 0.1) is 0 Å². The second-order valence-electron chi connectivity index (χ2n) is 4.05. The van der Waals surface area contributed by atoms with Gasteiger partial charge >= 0.3 is 0 Å². The van der Waals surface area contributed by atoms with Gasteiger partial charge in [0.05, 0.1) is 13.2 Å². The van der Waals surface area contributed by atoms with Crippen LogP contribution in [0.2, 0.25) is 0 Å². The summed E-state index contributed by atoms with van der Waals surface area (Å²) >= 11 is 0. The number of nitrogens with two attached hydrogens (primary N) is 1. The quantitative estimate of drug-likeness (QED) is 0.781. The fraction of sp³-hybridized carbons (Fsp3) is 0.333. The van der Waals surface area contributed by atoms with Gasteiger partial charge in [0.15, 0.2) is 0 Å². The SMILES string of the molecule is COc1ccc2[nH]cc([C@@H](N)C(F)(F)CO)c2c1. The number of aliphatic hydroxyl groups excluding tert-OH is 1. The zero-order chi connectivity index (χ0) is 13.3. The summed E-state index contributed by atoms with van der Waals surface area (Å²) in [5.41, 5.74) is 6.46. The van der Waals surface area contributed by atoms with Gasteiger partial charge in [-0.05, 0) is 18.2 Å². The minimum absolute atomic E-state index is 0.253. The molecule has 0 aliphatic rings. The number of fused-ring (bicyclic) bond motifs is 1. The van der Waals surface area contributed by atoms with Gasteiger partial charge in [0.1, 0.15) is 12.4 Å². The van der Waals surface area contributed by atoms with Crippen LogP contribution in [0.3, 0.4) is 0 Å². The van der Waals surface area contributed by atoms with E-state index in [-0.39, 0.29) is 5.56 Å². The fourth-order valence-electron chi connectivity index (χ4n) is 1.83. The van der Waals surface area contributed by atoms with Crippen LogP contribution in [0.5, 0.6) is 5.75 Å². The average molecular weight is 256 g/mol. The van der Waals surface area contributed by atoms with Crippen molar-refractivity contribution in [3.05, 3.63) is 30.0 Å². The lowest BCUT2D eigenvalue weighted by Crippen LogP contribution is -2.36. The summed E-state index contributed by atoms with van der Waals surface area (Å²) in [5.74, 6) is -2.80. The fourth-order valence-corrected chi connectivity index (χ4v) is 1.83. The Balaban J connectivity index is 2.51. The average Bonchev–Trinajstić information content (AvgIpc) is 2.80. The Kier molecular flexibility index (Phi) is 3.23. The first kappa shape index (κ1) is 12.8. The number of ether oxygens (including phenoxy) is 1. The molecule has 18 heavy (non-hydrogen) atoms. The number of aromatic amines is 1. The Morgan fingerprint density at radius 3 is 2.83 bits per heavy atom. The number of hydrogen-bond acceptors (Lipinski definition) is 3. The van der Waals surface area contributed by atoms with Gasteiger partial charge in [-0.25, -0.2) is 8.78 Å². The predicted molar refractivity (Wildman–Crippen MR) is 63.8 cm³/mol. The van der Waals surface area contributed by atoms with Crippen molar-refractivity contribution in [2.75, 3.05) is 13.7 Å². The van der Waals surface area contributed by atoms with E-state index in [1.54, 1.807) is 18.2 Å². The first-order valence-electron chi connectivity index (χ1n) is 5.39. The van der Waals surface area contributed by atoms with Crippen molar-refractivity contribution < 1.29 is 18.6 Å². The summed E-state index contributed by atoms with van der Waals surface area (Å²) < 4.78 is 31.8. The number of nitrogens with one attached hydrogen (secondary N) is 1. The minimum atomic E-state index is -3.36. The first-order chi connectivity index (χ1) is 8.49. The Morgan fingerprint density at radius 1 is 1.50 bits per heavy atom. The van der Waals surface area contributed by atoms with Crippen molar-refractivity contribution in [3.8, 4) is 5.75 Å². The molecular formula is C12H14F2N2O2. The molecule has 2 aromatic rings. The molecule has 0 aliphatic heterocycles. The smallest absolute Gasteiger partial charge is 0.289 e. The molecule has 6 heteroatoms. The molecule has 0 spiro atoms. The maximum atomic E-state index is 13.4. The Morgan fingerprint density at radius 2 is 2.22 bits per heavy atom. The van der Waals surface area contributed by atoms with E-state index >= 15 is 0 Å². The van der Waals surface area contributed by atoms with Crippen LogP contribution in [0.1, 0.15) is 11.6 Å². The molecule has 4 N–H and O–H groups in total. The van der Waals surface area contributed by atoms with Gasteiger partial charge < -0.3 is 20.6 Å². The third-order valence-electron chi connectivity index (χ3n) is 2.92. The van der Waals surface area contributed by atoms with Gasteiger partial charge in [-0.1, -0.05) is 0 Å². The molecule has 0 unspecified atom stereocenters. The number of alkyl halides is 2. The Hall–Kier alpha value is -1.66.